The maximum absolute atomic E-state index is 13.4. The van der Waals surface area contributed by atoms with Gasteiger partial charge in [-0.15, -0.1) is 0 Å². The lowest BCUT2D eigenvalue weighted by atomic mass is 9.43. The molecule has 5 nitrogen and oxygen atoms in total. The number of alkyl halides is 3. The molecule has 4 bridgehead atoms. The third kappa shape index (κ3) is 4.42. The van der Waals surface area contributed by atoms with E-state index in [4.69, 9.17) is 44.0 Å². The number of carbonyl (C=O) groups excluding carboxylic acids is 1. The molecule has 0 aromatic heterocycles. The Balaban J connectivity index is 1.29. The molecule has 5 fully saturated rings. The van der Waals surface area contributed by atoms with Gasteiger partial charge < -0.3 is 14.1 Å². The van der Waals surface area contributed by atoms with Crippen LogP contribution in [-0.2, 0) is 16.6 Å². The highest BCUT2D eigenvalue weighted by atomic mass is 35.6. The third-order valence-electron chi connectivity index (χ3n) is 12.5. The van der Waals surface area contributed by atoms with Crippen LogP contribution >= 0.6 is 34.8 Å². The molecule has 2 aliphatic heterocycles. The zero-order chi connectivity index (χ0) is 29.2. The second-order valence-electron chi connectivity index (χ2n) is 15.6. The number of carbonyl (C=O) groups is 1. The molecule has 226 valence electrons. The van der Waals surface area contributed by atoms with E-state index in [9.17, 15) is 4.79 Å². The lowest BCUT2D eigenvalue weighted by Gasteiger charge is -2.66. The first kappa shape index (κ1) is 29.1. The van der Waals surface area contributed by atoms with Crippen LogP contribution in [0, 0.1) is 23.2 Å². The summed E-state index contributed by atoms with van der Waals surface area (Å²) >= 11 is 17.8. The summed E-state index contributed by atoms with van der Waals surface area (Å²) in [5.41, 5.74) is 3.37. The van der Waals surface area contributed by atoms with E-state index in [1.165, 1.54) is 43.4 Å². The van der Waals surface area contributed by atoms with E-state index >= 15 is 0 Å². The van der Waals surface area contributed by atoms with E-state index in [-0.39, 0.29) is 34.6 Å². The number of fused-ring (bicyclic) bond motifs is 1. The number of likely N-dealkylation sites (tertiary alicyclic amines) is 2. The Kier molecular flexibility index (Phi) is 6.68. The molecule has 0 radical (unpaired) electrons. The van der Waals surface area contributed by atoms with E-state index < -0.39 is 12.1 Å². The monoisotopic (exact) mass is 638 g/mol. The Bertz CT molecular complexity index is 1240. The predicted molar refractivity (Wildman–Crippen MR) is 168 cm³/mol. The second-order valence-corrected chi connectivity index (χ2v) is 22.9. The SMILES string of the molecule is CC(C)(C)[Si](C)(C)Oc1ccc2c(c1)[C@@]13CCN(CC4CC4)C(C2)C12CCC1C3[C@@H](CN1C(=O)OCC(Cl)(Cl)Cl)C2. The molecular weight excluding hydrogens is 595 g/mol. The standard InChI is InChI=1S/C32H45Cl3N2O3Si/c1-29(2,3)41(4,5)40-23-9-8-21-14-26-30-11-10-25-27(22(16-30)18-37(25)28(38)39-19-32(33,34)35)31(30,24(21)15-23)12-13-36(26)17-20-6-7-20/h8-9,15,20,22,25-27H,6-7,10-14,16-19H2,1-5H3/t22-,25?,26?,27?,30?,31-/m1/s1. The number of benzene rings is 1. The zero-order valence-electron chi connectivity index (χ0n) is 25.2. The number of piperidine rings is 1. The summed E-state index contributed by atoms with van der Waals surface area (Å²) in [6, 6.07) is 7.85. The first-order chi connectivity index (χ1) is 19.2. The number of nitrogens with zero attached hydrogens (tertiary/aromatic N) is 2. The molecule has 1 amide bonds. The summed E-state index contributed by atoms with van der Waals surface area (Å²) < 4.78 is 10.9. The minimum Gasteiger partial charge on any atom is -0.543 e. The van der Waals surface area contributed by atoms with Crippen LogP contribution in [0.5, 0.6) is 5.75 Å². The van der Waals surface area contributed by atoms with Crippen LogP contribution in [0.25, 0.3) is 0 Å². The molecule has 0 spiro atoms. The molecule has 1 aromatic carbocycles. The van der Waals surface area contributed by atoms with Gasteiger partial charge in [-0.2, -0.15) is 0 Å². The molecule has 2 saturated heterocycles. The summed E-state index contributed by atoms with van der Waals surface area (Å²) in [7, 11) is -1.99. The molecule has 9 heteroatoms. The van der Waals surface area contributed by atoms with Crippen LogP contribution in [0.1, 0.15) is 70.4 Å². The molecule has 2 heterocycles. The van der Waals surface area contributed by atoms with Crippen LogP contribution in [0.4, 0.5) is 4.79 Å². The summed E-state index contributed by atoms with van der Waals surface area (Å²) in [5, 5.41) is 0.137. The fourth-order valence-electron chi connectivity index (χ4n) is 9.88. The van der Waals surface area contributed by atoms with Gasteiger partial charge >= 0.3 is 6.09 Å². The Hall–Kier alpha value is -0.663. The van der Waals surface area contributed by atoms with Crippen molar-refractivity contribution in [2.24, 2.45) is 23.2 Å². The average Bonchev–Trinajstić information content (AvgIpc) is 3.56. The minimum absolute atomic E-state index is 0.0654. The van der Waals surface area contributed by atoms with Gasteiger partial charge in [-0.05, 0) is 116 Å². The van der Waals surface area contributed by atoms with Gasteiger partial charge in [0.25, 0.3) is 0 Å². The molecule has 4 aliphatic carbocycles. The molecular formula is C32H45Cl3N2O3Si. The van der Waals surface area contributed by atoms with Gasteiger partial charge in [0.05, 0.1) is 0 Å². The molecule has 6 aliphatic rings. The lowest BCUT2D eigenvalue weighted by Crippen LogP contribution is -2.70. The highest BCUT2D eigenvalue weighted by molar-refractivity contribution is 6.74. The van der Waals surface area contributed by atoms with Crippen LogP contribution in [-0.4, -0.2) is 66.3 Å². The summed E-state index contributed by atoms with van der Waals surface area (Å²) in [6.45, 7) is 14.5. The first-order valence-electron chi connectivity index (χ1n) is 15.7. The van der Waals surface area contributed by atoms with Crippen molar-refractivity contribution in [3.8, 4) is 5.75 Å². The molecule has 6 atom stereocenters. The van der Waals surface area contributed by atoms with E-state index in [1.54, 1.807) is 0 Å². The maximum Gasteiger partial charge on any atom is 0.410 e. The van der Waals surface area contributed by atoms with Gasteiger partial charge in [0.15, 0.2) is 0 Å². The number of halogens is 3. The van der Waals surface area contributed by atoms with Crippen LogP contribution in [0.15, 0.2) is 18.2 Å². The van der Waals surface area contributed by atoms with Crippen molar-refractivity contribution in [1.82, 2.24) is 9.80 Å². The minimum atomic E-state index is -1.99. The number of hydrogen-bond acceptors (Lipinski definition) is 4. The van der Waals surface area contributed by atoms with Gasteiger partial charge in [-0.3, -0.25) is 4.90 Å². The number of rotatable bonds is 5. The van der Waals surface area contributed by atoms with Crippen LogP contribution in [0.3, 0.4) is 0 Å². The van der Waals surface area contributed by atoms with Crippen molar-refractivity contribution in [2.75, 3.05) is 26.2 Å². The maximum atomic E-state index is 13.4. The van der Waals surface area contributed by atoms with Crippen LogP contribution < -0.4 is 4.43 Å². The van der Waals surface area contributed by atoms with E-state index in [1.807, 2.05) is 4.90 Å². The van der Waals surface area contributed by atoms with Gasteiger partial charge in [0, 0.05) is 30.6 Å². The fraction of sp³-hybridized carbons (Fsp3) is 0.781. The molecule has 1 aromatic rings. The van der Waals surface area contributed by atoms with Gasteiger partial charge in [0.1, 0.15) is 12.4 Å². The number of amides is 1. The highest BCUT2D eigenvalue weighted by Crippen LogP contribution is 2.75. The smallest absolute Gasteiger partial charge is 0.410 e. The van der Waals surface area contributed by atoms with E-state index in [0.717, 1.165) is 44.0 Å². The Labute approximate surface area is 261 Å². The second kappa shape index (κ2) is 9.42. The lowest BCUT2D eigenvalue weighted by molar-refractivity contribution is -0.103. The molecule has 0 N–H and O–H groups in total. The van der Waals surface area contributed by atoms with Gasteiger partial charge in [0.2, 0.25) is 12.1 Å². The normalized spacial score (nSPS) is 36.1. The van der Waals surface area contributed by atoms with Crippen molar-refractivity contribution in [3.05, 3.63) is 29.3 Å². The topological polar surface area (TPSA) is 42.0 Å². The van der Waals surface area contributed by atoms with E-state index in [0.29, 0.717) is 17.9 Å². The largest absolute Gasteiger partial charge is 0.543 e. The van der Waals surface area contributed by atoms with Crippen molar-refractivity contribution in [1.29, 1.82) is 0 Å². The third-order valence-corrected chi connectivity index (χ3v) is 17.2. The van der Waals surface area contributed by atoms with E-state index in [2.05, 4.69) is 57.0 Å². The first-order valence-corrected chi connectivity index (χ1v) is 19.8. The molecule has 41 heavy (non-hydrogen) atoms. The molecule has 7 rings (SSSR count). The Morgan fingerprint density at radius 3 is 2.56 bits per heavy atom. The zero-order valence-corrected chi connectivity index (χ0v) is 28.4. The number of hydrogen-bond donors (Lipinski definition) is 0. The number of ether oxygens (including phenoxy) is 1. The van der Waals surface area contributed by atoms with Crippen LogP contribution in [0.2, 0.25) is 18.1 Å². The quantitative estimate of drug-likeness (QED) is 0.242. The molecule has 3 saturated carbocycles. The Morgan fingerprint density at radius 1 is 1.12 bits per heavy atom. The van der Waals surface area contributed by atoms with Crippen molar-refractivity contribution >= 4 is 49.2 Å². The van der Waals surface area contributed by atoms with Crippen molar-refractivity contribution in [3.63, 3.8) is 0 Å². The summed E-state index contributed by atoms with van der Waals surface area (Å²) in [5.74, 6) is 2.84. The van der Waals surface area contributed by atoms with Crippen molar-refractivity contribution in [2.45, 2.75) is 105 Å². The summed E-state index contributed by atoms with van der Waals surface area (Å²) in [6.07, 6.45) is 8.17. The van der Waals surface area contributed by atoms with Gasteiger partial charge in [-0.1, -0.05) is 61.6 Å². The predicted octanol–water partition coefficient (Wildman–Crippen LogP) is 7.96. The summed E-state index contributed by atoms with van der Waals surface area (Å²) in [4.78, 5) is 18.3. The van der Waals surface area contributed by atoms with Gasteiger partial charge in [-0.25, -0.2) is 4.79 Å². The van der Waals surface area contributed by atoms with Crippen molar-refractivity contribution < 1.29 is 14.0 Å². The fourth-order valence-corrected chi connectivity index (χ4v) is 11.1. The Morgan fingerprint density at radius 2 is 1.88 bits per heavy atom. The average molecular weight is 640 g/mol. The highest BCUT2D eigenvalue weighted by Gasteiger charge is 2.76. The molecule has 4 unspecified atom stereocenters.